The van der Waals surface area contributed by atoms with Crippen LogP contribution in [0.4, 0.5) is 5.69 Å². The van der Waals surface area contributed by atoms with Crippen molar-refractivity contribution in [3.8, 4) is 5.75 Å². The molecule has 2 aromatic rings. The van der Waals surface area contributed by atoms with E-state index in [9.17, 15) is 13.2 Å². The van der Waals surface area contributed by atoms with E-state index < -0.39 is 15.9 Å². The Morgan fingerprint density at radius 3 is 2.52 bits per heavy atom. The first kappa shape index (κ1) is 19.0. The molecule has 0 aromatic heterocycles. The van der Waals surface area contributed by atoms with E-state index >= 15 is 0 Å². The fourth-order valence-corrected chi connectivity index (χ4v) is 3.33. The lowest BCUT2D eigenvalue weighted by molar-refractivity contribution is 0.102. The molecule has 6 nitrogen and oxygen atoms in total. The number of anilines is 1. The number of amides is 1. The SMILES string of the molecule is COc1cccc(NC(=O)c2cccc(S(=O)(=O)NCC(C)C)c2)c1. The molecule has 25 heavy (non-hydrogen) atoms. The molecule has 0 unspecified atom stereocenters. The number of carbonyl (C=O) groups is 1. The van der Waals surface area contributed by atoms with Crippen LogP contribution >= 0.6 is 0 Å². The van der Waals surface area contributed by atoms with Gasteiger partial charge in [0.2, 0.25) is 10.0 Å². The van der Waals surface area contributed by atoms with Crippen LogP contribution < -0.4 is 14.8 Å². The fourth-order valence-electron chi connectivity index (χ4n) is 2.07. The van der Waals surface area contributed by atoms with Gasteiger partial charge in [-0.1, -0.05) is 26.0 Å². The van der Waals surface area contributed by atoms with Gasteiger partial charge in [0.15, 0.2) is 0 Å². The van der Waals surface area contributed by atoms with Crippen molar-refractivity contribution in [2.75, 3.05) is 19.0 Å². The molecule has 2 rings (SSSR count). The third-order valence-corrected chi connectivity index (χ3v) is 4.84. The van der Waals surface area contributed by atoms with Gasteiger partial charge in [0, 0.05) is 23.9 Å². The highest BCUT2D eigenvalue weighted by atomic mass is 32.2. The van der Waals surface area contributed by atoms with Crippen LogP contribution in [0.15, 0.2) is 53.4 Å². The molecule has 0 fully saturated rings. The Morgan fingerprint density at radius 2 is 1.84 bits per heavy atom. The van der Waals surface area contributed by atoms with Crippen LogP contribution in [0.1, 0.15) is 24.2 Å². The quantitative estimate of drug-likeness (QED) is 0.793. The normalized spacial score (nSPS) is 11.4. The van der Waals surface area contributed by atoms with Gasteiger partial charge >= 0.3 is 0 Å². The van der Waals surface area contributed by atoms with E-state index in [1.54, 1.807) is 43.5 Å². The van der Waals surface area contributed by atoms with E-state index in [4.69, 9.17) is 4.74 Å². The molecule has 7 heteroatoms. The Balaban J connectivity index is 2.18. The molecule has 0 aliphatic carbocycles. The zero-order chi connectivity index (χ0) is 18.4. The lowest BCUT2D eigenvalue weighted by Crippen LogP contribution is -2.27. The average Bonchev–Trinajstić information content (AvgIpc) is 2.60. The first-order valence-electron chi connectivity index (χ1n) is 7.87. The summed E-state index contributed by atoms with van der Waals surface area (Å²) in [5.41, 5.74) is 0.825. The minimum absolute atomic E-state index is 0.0615. The summed E-state index contributed by atoms with van der Waals surface area (Å²) in [5, 5.41) is 2.73. The van der Waals surface area contributed by atoms with Crippen molar-refractivity contribution in [2.24, 2.45) is 5.92 Å². The molecule has 0 aliphatic rings. The van der Waals surface area contributed by atoms with E-state index in [-0.39, 0.29) is 16.4 Å². The van der Waals surface area contributed by atoms with Gasteiger partial charge in [-0.3, -0.25) is 4.79 Å². The maximum absolute atomic E-state index is 12.4. The molecule has 2 aromatic carbocycles. The number of hydrogen-bond acceptors (Lipinski definition) is 4. The summed E-state index contributed by atoms with van der Waals surface area (Å²) in [7, 11) is -2.10. The standard InChI is InChI=1S/C18H22N2O4S/c1-13(2)12-19-25(22,23)17-9-4-6-14(10-17)18(21)20-15-7-5-8-16(11-15)24-3/h4-11,13,19H,12H2,1-3H3,(H,20,21). The smallest absolute Gasteiger partial charge is 0.255 e. The highest BCUT2D eigenvalue weighted by Gasteiger charge is 2.16. The number of sulfonamides is 1. The van der Waals surface area contributed by atoms with Gasteiger partial charge in [-0.15, -0.1) is 0 Å². The first-order valence-corrected chi connectivity index (χ1v) is 9.35. The van der Waals surface area contributed by atoms with E-state index in [0.717, 1.165) is 0 Å². The van der Waals surface area contributed by atoms with Crippen LogP contribution in [-0.2, 0) is 10.0 Å². The zero-order valence-corrected chi connectivity index (χ0v) is 15.3. The molecule has 0 heterocycles. The molecule has 0 aliphatic heterocycles. The van der Waals surface area contributed by atoms with Gasteiger partial charge in [0.05, 0.1) is 12.0 Å². The lowest BCUT2D eigenvalue weighted by Gasteiger charge is -2.10. The number of rotatable bonds is 7. The monoisotopic (exact) mass is 362 g/mol. The van der Waals surface area contributed by atoms with Crippen molar-refractivity contribution < 1.29 is 17.9 Å². The van der Waals surface area contributed by atoms with Crippen molar-refractivity contribution in [2.45, 2.75) is 18.7 Å². The second-order valence-corrected chi connectivity index (χ2v) is 7.73. The summed E-state index contributed by atoms with van der Waals surface area (Å²) in [4.78, 5) is 12.5. The summed E-state index contributed by atoms with van der Waals surface area (Å²) in [6.45, 7) is 4.17. The highest BCUT2D eigenvalue weighted by Crippen LogP contribution is 2.18. The lowest BCUT2D eigenvalue weighted by atomic mass is 10.2. The molecule has 0 saturated carbocycles. The molecular formula is C18H22N2O4S. The number of benzene rings is 2. The summed E-state index contributed by atoms with van der Waals surface area (Å²) in [6.07, 6.45) is 0. The molecule has 134 valence electrons. The van der Waals surface area contributed by atoms with Crippen molar-refractivity contribution in [1.29, 1.82) is 0 Å². The van der Waals surface area contributed by atoms with Crippen molar-refractivity contribution in [1.82, 2.24) is 4.72 Å². The van der Waals surface area contributed by atoms with Gasteiger partial charge in [-0.05, 0) is 36.2 Å². The molecule has 0 bridgehead atoms. The van der Waals surface area contributed by atoms with E-state index in [2.05, 4.69) is 10.0 Å². The number of nitrogens with one attached hydrogen (secondary N) is 2. The number of hydrogen-bond donors (Lipinski definition) is 2. The minimum atomic E-state index is -3.64. The molecule has 1 amide bonds. The van der Waals surface area contributed by atoms with Crippen LogP contribution in [0.25, 0.3) is 0 Å². The van der Waals surface area contributed by atoms with Crippen molar-refractivity contribution >= 4 is 21.6 Å². The first-order chi connectivity index (χ1) is 11.8. The van der Waals surface area contributed by atoms with E-state index in [0.29, 0.717) is 18.0 Å². The topological polar surface area (TPSA) is 84.5 Å². The van der Waals surface area contributed by atoms with Crippen LogP contribution in [0.3, 0.4) is 0 Å². The van der Waals surface area contributed by atoms with Crippen LogP contribution in [0.5, 0.6) is 5.75 Å². The summed E-state index contributed by atoms with van der Waals surface area (Å²) in [6, 6.07) is 12.9. The molecule has 0 spiro atoms. The minimum Gasteiger partial charge on any atom is -0.497 e. The van der Waals surface area contributed by atoms with E-state index in [1.807, 2.05) is 13.8 Å². The van der Waals surface area contributed by atoms with Gasteiger partial charge in [0.1, 0.15) is 5.75 Å². The summed E-state index contributed by atoms with van der Waals surface area (Å²) < 4.78 is 32.2. The predicted molar refractivity (Wildman–Crippen MR) is 97.4 cm³/mol. The number of methoxy groups -OCH3 is 1. The average molecular weight is 362 g/mol. The maximum atomic E-state index is 12.4. The van der Waals surface area contributed by atoms with Gasteiger partial charge in [-0.25, -0.2) is 13.1 Å². The molecule has 0 saturated heterocycles. The van der Waals surface area contributed by atoms with Crippen LogP contribution in [0, 0.1) is 5.92 Å². The Labute approximate surface area is 148 Å². The highest BCUT2D eigenvalue weighted by molar-refractivity contribution is 7.89. The van der Waals surface area contributed by atoms with Gasteiger partial charge in [0.25, 0.3) is 5.91 Å². The Kier molecular flexibility index (Phi) is 6.17. The second kappa shape index (κ2) is 8.13. The Morgan fingerprint density at radius 1 is 1.12 bits per heavy atom. The summed E-state index contributed by atoms with van der Waals surface area (Å²) >= 11 is 0. The predicted octanol–water partition coefficient (Wildman–Crippen LogP) is 2.88. The van der Waals surface area contributed by atoms with Crippen LogP contribution in [0.2, 0.25) is 0 Å². The fraction of sp³-hybridized carbons (Fsp3) is 0.278. The maximum Gasteiger partial charge on any atom is 0.255 e. The number of ether oxygens (including phenoxy) is 1. The Hall–Kier alpha value is -2.38. The van der Waals surface area contributed by atoms with E-state index in [1.165, 1.54) is 12.1 Å². The molecule has 2 N–H and O–H groups in total. The van der Waals surface area contributed by atoms with Gasteiger partial charge < -0.3 is 10.1 Å². The second-order valence-electron chi connectivity index (χ2n) is 5.96. The zero-order valence-electron chi connectivity index (χ0n) is 14.4. The molecule has 0 radical (unpaired) electrons. The van der Waals surface area contributed by atoms with Crippen molar-refractivity contribution in [3.63, 3.8) is 0 Å². The molecular weight excluding hydrogens is 340 g/mol. The third-order valence-electron chi connectivity index (χ3n) is 3.42. The third kappa shape index (κ3) is 5.30. The van der Waals surface area contributed by atoms with Crippen molar-refractivity contribution in [3.05, 3.63) is 54.1 Å². The van der Waals surface area contributed by atoms with Crippen LogP contribution in [-0.4, -0.2) is 28.0 Å². The molecule has 0 atom stereocenters. The Bertz CT molecular complexity index is 848. The van der Waals surface area contributed by atoms with Gasteiger partial charge in [-0.2, -0.15) is 0 Å². The largest absolute Gasteiger partial charge is 0.497 e. The summed E-state index contributed by atoms with van der Waals surface area (Å²) in [5.74, 6) is 0.412. The number of carbonyl (C=O) groups excluding carboxylic acids is 1.